The van der Waals surface area contributed by atoms with Gasteiger partial charge in [-0.15, -0.1) is 0 Å². The fraction of sp³-hybridized carbons (Fsp3) is 0. The summed E-state index contributed by atoms with van der Waals surface area (Å²) in [5, 5.41) is 24.0. The highest BCUT2D eigenvalue weighted by Gasteiger charge is 2.27. The Balaban J connectivity index is 0.509. The Morgan fingerprint density at radius 1 is 0.117 bits per heavy atom. The molecule has 26 aromatic carbocycles. The SMILES string of the molecule is c1ccc(-c2nc3ccccc3n2-c2ccc(-c3c4ccccc4c(-c4ccc5ccc(-c6ccc7cc(-c8c9ccccc9c(-c9ccc%10cc(-c%11ccc%12c(c%11)nc(-c%11ccc(-c%13c%14ccccc%14c(-c%14ccc%15ccccc%15c%14)c%14ccccc%13%14)cc%11)n%12-c%11ccccc%11)ccc%10c9)c9ccc(-c%10ccc(-c%11nc%12ccccc%12n%11-c%11ccccc%11)cc%10)cc89)ccc7c6)cc5c4)c4ccccc34)cc2)cc1. The third kappa shape index (κ3) is 13.9. The van der Waals surface area contributed by atoms with E-state index in [1.54, 1.807) is 0 Å². The number of benzene rings is 26. The van der Waals surface area contributed by atoms with Crippen LogP contribution in [-0.4, -0.2) is 28.7 Å². The second-order valence-corrected chi connectivity index (χ2v) is 38.4. The smallest absolute Gasteiger partial charge is 0.145 e. The summed E-state index contributed by atoms with van der Waals surface area (Å²) >= 11 is 0. The van der Waals surface area contributed by atoms with Crippen LogP contribution in [0.2, 0.25) is 0 Å². The Kier molecular flexibility index (Phi) is 19.3. The summed E-state index contributed by atoms with van der Waals surface area (Å²) in [5.74, 6) is 2.71. The normalized spacial score (nSPS) is 11.9. The molecule has 145 heavy (non-hydrogen) atoms. The molecule has 0 unspecified atom stereocenters. The first-order valence-corrected chi connectivity index (χ1v) is 49.8. The number of fused-ring (bicyclic) bond motifs is 13. The summed E-state index contributed by atoms with van der Waals surface area (Å²) in [6, 6.07) is 192. The summed E-state index contributed by atoms with van der Waals surface area (Å²) in [7, 11) is 0. The van der Waals surface area contributed by atoms with E-state index in [1.165, 1.54) is 147 Å². The highest BCUT2D eigenvalue weighted by molar-refractivity contribution is 6.26. The van der Waals surface area contributed by atoms with Crippen LogP contribution in [0.15, 0.2) is 522 Å². The molecule has 0 aliphatic heterocycles. The van der Waals surface area contributed by atoms with Crippen molar-refractivity contribution in [3.63, 3.8) is 0 Å². The van der Waals surface area contributed by atoms with Crippen LogP contribution in [0.1, 0.15) is 0 Å². The topological polar surface area (TPSA) is 53.5 Å². The van der Waals surface area contributed by atoms with Crippen LogP contribution >= 0.6 is 0 Å². The summed E-state index contributed by atoms with van der Waals surface area (Å²) in [4.78, 5) is 16.0. The zero-order chi connectivity index (χ0) is 95.3. The number of rotatable bonds is 15. The third-order valence-corrected chi connectivity index (χ3v) is 30.1. The van der Waals surface area contributed by atoms with Crippen LogP contribution in [0.5, 0.6) is 0 Å². The highest BCUT2D eigenvalue weighted by Crippen LogP contribution is 2.52. The van der Waals surface area contributed by atoms with Crippen LogP contribution in [0.25, 0.3) is 292 Å². The minimum Gasteiger partial charge on any atom is -0.292 e. The van der Waals surface area contributed by atoms with Crippen molar-refractivity contribution in [2.24, 2.45) is 0 Å². The molecule has 0 saturated heterocycles. The molecule has 0 aliphatic rings. The molecular formula is C139H86N6. The number of aromatic nitrogens is 6. The number of hydrogen-bond acceptors (Lipinski definition) is 3. The van der Waals surface area contributed by atoms with Crippen molar-refractivity contribution in [2.75, 3.05) is 0 Å². The third-order valence-electron chi connectivity index (χ3n) is 30.1. The van der Waals surface area contributed by atoms with Gasteiger partial charge in [0.15, 0.2) is 0 Å². The number of nitrogens with zero attached hydrogens (tertiary/aromatic N) is 6. The Labute approximate surface area is 836 Å². The van der Waals surface area contributed by atoms with Crippen LogP contribution in [0, 0.1) is 0 Å². The molecule has 29 rings (SSSR count). The summed E-state index contributed by atoms with van der Waals surface area (Å²) < 4.78 is 6.88. The van der Waals surface area contributed by atoms with E-state index in [0.29, 0.717) is 0 Å². The summed E-state index contributed by atoms with van der Waals surface area (Å²) in [6.45, 7) is 0. The molecule has 0 fully saturated rings. The molecule has 0 spiro atoms. The molecule has 3 aromatic heterocycles. The maximum atomic E-state index is 5.59. The van der Waals surface area contributed by atoms with Crippen molar-refractivity contribution in [3.05, 3.63) is 522 Å². The van der Waals surface area contributed by atoms with Gasteiger partial charge in [0.1, 0.15) is 17.5 Å². The van der Waals surface area contributed by atoms with E-state index in [0.717, 1.165) is 145 Å². The first kappa shape index (κ1) is 82.8. The van der Waals surface area contributed by atoms with Gasteiger partial charge in [-0.05, 0) is 329 Å². The molecule has 0 aliphatic carbocycles. The Morgan fingerprint density at radius 2 is 0.352 bits per heavy atom. The molecule has 672 valence electrons. The van der Waals surface area contributed by atoms with E-state index in [9.17, 15) is 0 Å². The molecule has 0 bridgehead atoms. The minimum absolute atomic E-state index is 0.884. The maximum absolute atomic E-state index is 5.59. The predicted octanol–water partition coefficient (Wildman–Crippen LogP) is 37.2. The average Bonchev–Trinajstić information content (AvgIpc) is 1.47. The fourth-order valence-corrected chi connectivity index (χ4v) is 23.4. The molecule has 6 heteroatoms. The lowest BCUT2D eigenvalue weighted by atomic mass is 9.84. The monoisotopic (exact) mass is 1840 g/mol. The predicted molar refractivity (Wildman–Crippen MR) is 611 cm³/mol. The van der Waals surface area contributed by atoms with Crippen molar-refractivity contribution in [2.45, 2.75) is 0 Å². The lowest BCUT2D eigenvalue weighted by molar-refractivity contribution is 1.10. The molecule has 29 aromatic rings. The van der Waals surface area contributed by atoms with Crippen LogP contribution in [0.3, 0.4) is 0 Å². The van der Waals surface area contributed by atoms with Gasteiger partial charge in [0.25, 0.3) is 0 Å². The Hall–Kier alpha value is -19.3. The van der Waals surface area contributed by atoms with Crippen LogP contribution in [0.4, 0.5) is 0 Å². The average molecular weight is 1840 g/mol. The molecule has 6 nitrogen and oxygen atoms in total. The first-order valence-electron chi connectivity index (χ1n) is 49.8. The van der Waals surface area contributed by atoms with Gasteiger partial charge in [0.2, 0.25) is 0 Å². The molecule has 0 amide bonds. The first-order chi connectivity index (χ1) is 71.9. The maximum Gasteiger partial charge on any atom is 0.145 e. The zero-order valence-electron chi connectivity index (χ0n) is 78.8. The Morgan fingerprint density at radius 3 is 0.779 bits per heavy atom. The van der Waals surface area contributed by atoms with Gasteiger partial charge < -0.3 is 0 Å². The lowest BCUT2D eigenvalue weighted by Gasteiger charge is -2.19. The largest absolute Gasteiger partial charge is 0.292 e. The van der Waals surface area contributed by atoms with Gasteiger partial charge in [-0.1, -0.05) is 400 Å². The van der Waals surface area contributed by atoms with E-state index in [2.05, 4.69) is 535 Å². The molecule has 0 N–H and O–H groups in total. The van der Waals surface area contributed by atoms with Gasteiger partial charge in [-0.2, -0.15) is 0 Å². The second-order valence-electron chi connectivity index (χ2n) is 38.4. The standard InChI is InChI=1S/C139H86N6/c1-4-27-92(28-5-1)137-140-126-45-23-25-47-129(126)145(137)112-74-70-91(71-75-112)132-115-36-14-18-40-119(115)134(120-41-19-15-37-116(120)132)108-67-52-89-50-59-102(83-109(89)84-108)96-60-62-101-82-107(69-65-97(101)78-96)136-122-43-21-20-42-121(122)135(123-76-72-103(85-124(123)136)88-48-55-93(56-49-88)138-141-125-44-22-24-46-128(125)143(138)110-30-6-2-7-31-110)106-68-64-98-79-99(61-63-100(98)81-106)104-73-77-130-127(86-104)142-139(144(130)111-32-8-3-9-33-111)94-57-53-90(54-58-94)131-113-34-12-16-38-117(113)133(118-39-17-13-35-114(118)131)105-66-51-87-26-10-11-29-95(87)80-105/h1-86H. The number of imidazole rings is 3. The Bertz CT molecular complexity index is 10300. The molecule has 0 saturated carbocycles. The highest BCUT2D eigenvalue weighted by atomic mass is 15.1. The van der Waals surface area contributed by atoms with Crippen molar-refractivity contribution >= 4 is 141 Å². The molecular weight excluding hydrogens is 1750 g/mol. The van der Waals surface area contributed by atoms with Crippen molar-refractivity contribution in [1.29, 1.82) is 0 Å². The van der Waals surface area contributed by atoms with Gasteiger partial charge >= 0.3 is 0 Å². The summed E-state index contributed by atoms with van der Waals surface area (Å²) in [5.41, 5.74) is 33.5. The quantitative estimate of drug-likeness (QED) is 0.0961. The van der Waals surface area contributed by atoms with Crippen molar-refractivity contribution in [1.82, 2.24) is 28.7 Å². The lowest BCUT2D eigenvalue weighted by Crippen LogP contribution is -1.98. The van der Waals surface area contributed by atoms with Crippen molar-refractivity contribution < 1.29 is 0 Å². The van der Waals surface area contributed by atoms with E-state index in [-0.39, 0.29) is 0 Å². The number of hydrogen-bond donors (Lipinski definition) is 0. The van der Waals surface area contributed by atoms with Crippen molar-refractivity contribution in [3.8, 4) is 151 Å². The second kappa shape index (κ2) is 33.8. The fourth-order valence-electron chi connectivity index (χ4n) is 23.4. The van der Waals surface area contributed by atoms with Gasteiger partial charge in [-0.25, -0.2) is 15.0 Å². The van der Waals surface area contributed by atoms with E-state index >= 15 is 0 Å². The van der Waals surface area contributed by atoms with Crippen LogP contribution < -0.4 is 0 Å². The van der Waals surface area contributed by atoms with E-state index < -0.39 is 0 Å². The van der Waals surface area contributed by atoms with Gasteiger partial charge in [-0.3, -0.25) is 13.7 Å². The van der Waals surface area contributed by atoms with E-state index in [4.69, 9.17) is 15.0 Å². The molecule has 0 atom stereocenters. The van der Waals surface area contributed by atoms with Gasteiger partial charge in [0.05, 0.1) is 33.1 Å². The zero-order valence-corrected chi connectivity index (χ0v) is 78.8. The molecule has 0 radical (unpaired) electrons. The van der Waals surface area contributed by atoms with Gasteiger partial charge in [0, 0.05) is 33.8 Å². The number of para-hydroxylation sites is 6. The minimum atomic E-state index is 0.884. The summed E-state index contributed by atoms with van der Waals surface area (Å²) in [6.07, 6.45) is 0. The van der Waals surface area contributed by atoms with Crippen LogP contribution in [-0.2, 0) is 0 Å². The van der Waals surface area contributed by atoms with E-state index in [1.807, 2.05) is 0 Å². The molecule has 3 heterocycles.